The van der Waals surface area contributed by atoms with Gasteiger partial charge in [-0.3, -0.25) is 14.4 Å². The van der Waals surface area contributed by atoms with Gasteiger partial charge >= 0.3 is 0 Å². The van der Waals surface area contributed by atoms with E-state index in [1.54, 1.807) is 72.8 Å². The molecule has 0 heterocycles. The number of amides is 3. The molecule has 0 atom stereocenters. The van der Waals surface area contributed by atoms with Gasteiger partial charge in [0.15, 0.2) is 0 Å². The van der Waals surface area contributed by atoms with E-state index in [1.165, 1.54) is 7.11 Å². The van der Waals surface area contributed by atoms with Crippen molar-refractivity contribution in [2.24, 2.45) is 5.73 Å². The molecule has 0 aliphatic rings. The highest BCUT2D eigenvalue weighted by atomic mass is 16.5. The lowest BCUT2D eigenvalue weighted by Crippen LogP contribution is -2.17. The molecule has 8 heteroatoms. The first kappa shape index (κ1) is 21.5. The molecule has 0 saturated carbocycles. The van der Waals surface area contributed by atoms with Crippen molar-refractivity contribution in [3.8, 4) is 11.5 Å². The van der Waals surface area contributed by atoms with Crippen LogP contribution in [0.3, 0.4) is 0 Å². The highest BCUT2D eigenvalue weighted by Gasteiger charge is 2.09. The van der Waals surface area contributed by atoms with Crippen LogP contribution in [-0.4, -0.2) is 31.4 Å². The Bertz CT molecular complexity index is 1080. The van der Waals surface area contributed by atoms with Crippen LogP contribution < -0.4 is 21.1 Å². The van der Waals surface area contributed by atoms with E-state index in [1.807, 2.05) is 0 Å². The standard InChI is InChI=1S/C23H21N3O5/c1-30-14-21(27)25-17-3-2-4-18(13-17)26-23(29)16-7-11-20(12-8-16)31-19-9-5-15(6-10-19)22(24)28/h2-13H,14H2,1H3,(H2,24,28)(H,25,27)(H,26,29). The summed E-state index contributed by atoms with van der Waals surface area (Å²) < 4.78 is 10.5. The van der Waals surface area contributed by atoms with Crippen LogP contribution in [0.2, 0.25) is 0 Å². The first-order chi connectivity index (χ1) is 14.9. The predicted octanol–water partition coefficient (Wildman–Crippen LogP) is 3.42. The second-order valence-corrected chi connectivity index (χ2v) is 6.53. The van der Waals surface area contributed by atoms with Crippen LogP contribution in [0.1, 0.15) is 20.7 Å². The van der Waals surface area contributed by atoms with E-state index in [4.69, 9.17) is 15.2 Å². The van der Waals surface area contributed by atoms with E-state index < -0.39 is 5.91 Å². The number of anilines is 2. The van der Waals surface area contributed by atoms with Gasteiger partial charge in [0.1, 0.15) is 18.1 Å². The summed E-state index contributed by atoms with van der Waals surface area (Å²) >= 11 is 0. The largest absolute Gasteiger partial charge is 0.457 e. The number of rotatable bonds is 8. The Balaban J connectivity index is 1.61. The molecule has 0 radical (unpaired) electrons. The lowest BCUT2D eigenvalue weighted by molar-refractivity contribution is -0.119. The molecular formula is C23H21N3O5. The molecular weight excluding hydrogens is 398 g/mol. The zero-order chi connectivity index (χ0) is 22.2. The average molecular weight is 419 g/mol. The summed E-state index contributed by atoms with van der Waals surface area (Å²) in [5.41, 5.74) is 7.13. The van der Waals surface area contributed by atoms with Crippen LogP contribution >= 0.6 is 0 Å². The number of methoxy groups -OCH3 is 1. The lowest BCUT2D eigenvalue weighted by Gasteiger charge is -2.10. The Morgan fingerprint density at radius 2 is 1.35 bits per heavy atom. The monoisotopic (exact) mass is 419 g/mol. The first-order valence-electron chi connectivity index (χ1n) is 9.32. The van der Waals surface area contributed by atoms with E-state index in [-0.39, 0.29) is 18.4 Å². The molecule has 158 valence electrons. The number of carbonyl (C=O) groups excluding carboxylic acids is 3. The van der Waals surface area contributed by atoms with Crippen molar-refractivity contribution < 1.29 is 23.9 Å². The summed E-state index contributed by atoms with van der Waals surface area (Å²) in [6.07, 6.45) is 0. The molecule has 0 unspecified atom stereocenters. The van der Waals surface area contributed by atoms with Crippen LogP contribution in [0.5, 0.6) is 11.5 Å². The molecule has 3 aromatic rings. The first-order valence-corrected chi connectivity index (χ1v) is 9.32. The third kappa shape index (κ3) is 6.15. The van der Waals surface area contributed by atoms with Gasteiger partial charge in [-0.05, 0) is 66.7 Å². The van der Waals surface area contributed by atoms with Gasteiger partial charge in [0.25, 0.3) is 5.91 Å². The van der Waals surface area contributed by atoms with Gasteiger partial charge in [-0.15, -0.1) is 0 Å². The quantitative estimate of drug-likeness (QED) is 0.517. The number of carbonyl (C=O) groups is 3. The fourth-order valence-corrected chi connectivity index (χ4v) is 2.70. The van der Waals surface area contributed by atoms with E-state index in [2.05, 4.69) is 10.6 Å². The van der Waals surface area contributed by atoms with Crippen LogP contribution in [0.25, 0.3) is 0 Å². The summed E-state index contributed by atoms with van der Waals surface area (Å²) in [7, 11) is 1.44. The maximum atomic E-state index is 12.5. The molecule has 3 amide bonds. The number of hydrogen-bond acceptors (Lipinski definition) is 5. The Morgan fingerprint density at radius 3 is 1.90 bits per heavy atom. The number of benzene rings is 3. The van der Waals surface area contributed by atoms with Gasteiger partial charge in [0.05, 0.1) is 0 Å². The summed E-state index contributed by atoms with van der Waals surface area (Å²) in [6.45, 7) is -0.0553. The van der Waals surface area contributed by atoms with Crippen molar-refractivity contribution in [3.63, 3.8) is 0 Å². The Hall–Kier alpha value is -4.17. The van der Waals surface area contributed by atoms with Gasteiger partial charge in [0.2, 0.25) is 11.8 Å². The van der Waals surface area contributed by atoms with Gasteiger partial charge in [-0.2, -0.15) is 0 Å². The second kappa shape index (κ2) is 10.0. The van der Waals surface area contributed by atoms with E-state index in [0.29, 0.717) is 34.0 Å². The number of primary amides is 1. The minimum atomic E-state index is -0.509. The third-order valence-electron chi connectivity index (χ3n) is 4.17. The molecule has 0 aromatic heterocycles. The molecule has 31 heavy (non-hydrogen) atoms. The topological polar surface area (TPSA) is 120 Å². The van der Waals surface area contributed by atoms with Crippen molar-refractivity contribution in [2.45, 2.75) is 0 Å². The van der Waals surface area contributed by atoms with E-state index in [9.17, 15) is 14.4 Å². The van der Waals surface area contributed by atoms with E-state index in [0.717, 1.165) is 0 Å². The van der Waals surface area contributed by atoms with Crippen molar-refractivity contribution in [3.05, 3.63) is 83.9 Å². The van der Waals surface area contributed by atoms with Crippen molar-refractivity contribution in [1.82, 2.24) is 0 Å². The average Bonchev–Trinajstić information content (AvgIpc) is 2.75. The number of ether oxygens (including phenoxy) is 2. The maximum Gasteiger partial charge on any atom is 0.255 e. The number of hydrogen-bond donors (Lipinski definition) is 3. The summed E-state index contributed by atoms with van der Waals surface area (Å²) in [4.78, 5) is 35.3. The van der Waals surface area contributed by atoms with Crippen molar-refractivity contribution in [1.29, 1.82) is 0 Å². The van der Waals surface area contributed by atoms with Gasteiger partial charge < -0.3 is 25.8 Å². The lowest BCUT2D eigenvalue weighted by atomic mass is 10.2. The molecule has 0 aliphatic carbocycles. The molecule has 0 bridgehead atoms. The zero-order valence-corrected chi connectivity index (χ0v) is 16.8. The van der Waals surface area contributed by atoms with Gasteiger partial charge in [-0.25, -0.2) is 0 Å². The van der Waals surface area contributed by atoms with E-state index >= 15 is 0 Å². The predicted molar refractivity (Wildman–Crippen MR) is 116 cm³/mol. The minimum absolute atomic E-state index is 0.0553. The van der Waals surface area contributed by atoms with Crippen molar-refractivity contribution in [2.75, 3.05) is 24.4 Å². The van der Waals surface area contributed by atoms with Crippen LogP contribution in [0.4, 0.5) is 11.4 Å². The highest BCUT2D eigenvalue weighted by Crippen LogP contribution is 2.23. The number of nitrogens with one attached hydrogen (secondary N) is 2. The molecule has 8 nitrogen and oxygen atoms in total. The molecule has 0 spiro atoms. The Labute approximate surface area is 179 Å². The molecule has 0 fully saturated rings. The Morgan fingerprint density at radius 1 is 0.806 bits per heavy atom. The SMILES string of the molecule is COCC(=O)Nc1cccc(NC(=O)c2ccc(Oc3ccc(C(N)=O)cc3)cc2)c1. The highest BCUT2D eigenvalue weighted by molar-refractivity contribution is 6.04. The number of nitrogens with two attached hydrogens (primary N) is 1. The fourth-order valence-electron chi connectivity index (χ4n) is 2.70. The van der Waals surface area contributed by atoms with Crippen LogP contribution in [0.15, 0.2) is 72.8 Å². The molecule has 4 N–H and O–H groups in total. The van der Waals surface area contributed by atoms with Crippen molar-refractivity contribution >= 4 is 29.1 Å². The summed E-state index contributed by atoms with van der Waals surface area (Å²) in [5, 5.41) is 5.46. The molecule has 0 saturated heterocycles. The zero-order valence-electron chi connectivity index (χ0n) is 16.8. The normalized spacial score (nSPS) is 10.2. The smallest absolute Gasteiger partial charge is 0.255 e. The van der Waals surface area contributed by atoms with Crippen LogP contribution in [-0.2, 0) is 9.53 Å². The molecule has 3 rings (SSSR count). The van der Waals surface area contributed by atoms with Crippen LogP contribution in [0, 0.1) is 0 Å². The molecule has 0 aliphatic heterocycles. The minimum Gasteiger partial charge on any atom is -0.457 e. The van der Waals surface area contributed by atoms with Gasteiger partial charge in [-0.1, -0.05) is 6.07 Å². The summed E-state index contributed by atoms with van der Waals surface area (Å²) in [5.74, 6) is -0.0332. The third-order valence-corrected chi connectivity index (χ3v) is 4.17. The fraction of sp³-hybridized carbons (Fsp3) is 0.0870. The Kier molecular flexibility index (Phi) is 6.97. The maximum absolute atomic E-state index is 12.5. The molecule has 3 aromatic carbocycles. The second-order valence-electron chi connectivity index (χ2n) is 6.53. The van der Waals surface area contributed by atoms with Gasteiger partial charge in [0, 0.05) is 29.6 Å². The summed E-state index contributed by atoms with van der Waals surface area (Å²) in [6, 6.07) is 19.8.